The number of rotatable bonds is 8. The number of ketones is 4. The van der Waals surface area contributed by atoms with Crippen LogP contribution in [0.3, 0.4) is 0 Å². The number of Topliss-reactive ketones (excluding diaryl/α,β-unsaturated/α-hetero) is 4. The Labute approximate surface area is 140 Å². The Morgan fingerprint density at radius 2 is 1.38 bits per heavy atom. The SMILES string of the molecule is CC(=O)C(=O)CC(=O)CC(C(=O)c1ccccc1)c1ccccc1. The quantitative estimate of drug-likeness (QED) is 0.425. The average molecular weight is 322 g/mol. The number of hydrogen-bond acceptors (Lipinski definition) is 4. The molecule has 0 aliphatic carbocycles. The lowest BCUT2D eigenvalue weighted by Gasteiger charge is -2.15. The first-order valence-electron chi connectivity index (χ1n) is 7.68. The van der Waals surface area contributed by atoms with E-state index in [1.54, 1.807) is 48.5 Å². The first-order chi connectivity index (χ1) is 11.5. The zero-order valence-corrected chi connectivity index (χ0v) is 13.4. The van der Waals surface area contributed by atoms with E-state index in [1.807, 2.05) is 12.1 Å². The summed E-state index contributed by atoms with van der Waals surface area (Å²) in [6.45, 7) is 1.14. The van der Waals surface area contributed by atoms with E-state index >= 15 is 0 Å². The Kier molecular flexibility index (Phi) is 5.90. The van der Waals surface area contributed by atoms with Crippen molar-refractivity contribution in [3.63, 3.8) is 0 Å². The second-order valence-electron chi connectivity index (χ2n) is 5.59. The maximum absolute atomic E-state index is 12.8. The minimum atomic E-state index is -0.723. The molecule has 0 saturated carbocycles. The number of carbonyl (C=O) groups excluding carboxylic acids is 4. The lowest BCUT2D eigenvalue weighted by molar-refractivity contribution is -0.137. The van der Waals surface area contributed by atoms with Crippen LogP contribution in [0.2, 0.25) is 0 Å². The molecule has 2 aromatic rings. The minimum absolute atomic E-state index is 0.100. The van der Waals surface area contributed by atoms with E-state index in [2.05, 4.69) is 0 Å². The summed E-state index contributed by atoms with van der Waals surface area (Å²) in [5, 5.41) is 0. The van der Waals surface area contributed by atoms with Crippen molar-refractivity contribution in [1.82, 2.24) is 0 Å². The maximum Gasteiger partial charge on any atom is 0.205 e. The van der Waals surface area contributed by atoms with Gasteiger partial charge in [-0.2, -0.15) is 0 Å². The zero-order chi connectivity index (χ0) is 17.5. The monoisotopic (exact) mass is 322 g/mol. The molecular formula is C20H18O4. The van der Waals surface area contributed by atoms with Gasteiger partial charge in [0.15, 0.2) is 11.6 Å². The summed E-state index contributed by atoms with van der Waals surface area (Å²) in [4.78, 5) is 47.4. The summed E-state index contributed by atoms with van der Waals surface area (Å²) in [6.07, 6.45) is -0.558. The van der Waals surface area contributed by atoms with Gasteiger partial charge in [0, 0.05) is 18.9 Å². The predicted octanol–water partition coefficient (Wildman–Crippen LogP) is 3.16. The van der Waals surface area contributed by atoms with Crippen LogP contribution < -0.4 is 0 Å². The van der Waals surface area contributed by atoms with Gasteiger partial charge in [-0.25, -0.2) is 0 Å². The summed E-state index contributed by atoms with van der Waals surface area (Å²) in [6, 6.07) is 17.7. The van der Waals surface area contributed by atoms with Gasteiger partial charge in [0.1, 0.15) is 5.78 Å². The predicted molar refractivity (Wildman–Crippen MR) is 89.9 cm³/mol. The fourth-order valence-corrected chi connectivity index (χ4v) is 2.45. The number of carbonyl (C=O) groups is 4. The molecule has 0 radical (unpaired) electrons. The average Bonchev–Trinajstić information content (AvgIpc) is 2.60. The van der Waals surface area contributed by atoms with Gasteiger partial charge < -0.3 is 0 Å². The van der Waals surface area contributed by atoms with E-state index in [-0.39, 0.29) is 12.2 Å². The van der Waals surface area contributed by atoms with Crippen LogP contribution in [-0.2, 0) is 14.4 Å². The molecule has 1 atom stereocenters. The second kappa shape index (κ2) is 8.11. The molecule has 0 saturated heterocycles. The molecule has 1 unspecified atom stereocenters. The third kappa shape index (κ3) is 4.56. The van der Waals surface area contributed by atoms with Gasteiger partial charge in [-0.15, -0.1) is 0 Å². The topological polar surface area (TPSA) is 68.3 Å². The summed E-state index contributed by atoms with van der Waals surface area (Å²) in [5.74, 6) is -2.62. The standard InChI is InChI=1S/C20H18O4/c1-14(21)19(23)13-17(22)12-18(15-8-4-2-5-9-15)20(24)16-10-6-3-7-11-16/h2-11,18H,12-13H2,1H3. The van der Waals surface area contributed by atoms with Crippen molar-refractivity contribution in [2.75, 3.05) is 0 Å². The molecule has 0 fully saturated rings. The molecule has 2 aromatic carbocycles. The van der Waals surface area contributed by atoms with Crippen LogP contribution in [0.5, 0.6) is 0 Å². The first-order valence-corrected chi connectivity index (χ1v) is 7.68. The molecule has 0 aromatic heterocycles. The Hall–Kier alpha value is -2.88. The van der Waals surface area contributed by atoms with Crippen molar-refractivity contribution in [1.29, 1.82) is 0 Å². The summed E-state index contributed by atoms with van der Waals surface area (Å²) in [7, 11) is 0. The van der Waals surface area contributed by atoms with Crippen molar-refractivity contribution in [3.05, 3.63) is 71.8 Å². The lowest BCUT2D eigenvalue weighted by atomic mass is 9.86. The molecule has 0 spiro atoms. The van der Waals surface area contributed by atoms with Crippen LogP contribution in [0.4, 0.5) is 0 Å². The van der Waals surface area contributed by atoms with Gasteiger partial charge in [0.25, 0.3) is 0 Å². The summed E-state index contributed by atoms with van der Waals surface area (Å²) < 4.78 is 0. The molecule has 0 N–H and O–H groups in total. The number of benzene rings is 2. The third-order valence-corrected chi connectivity index (χ3v) is 3.76. The largest absolute Gasteiger partial charge is 0.299 e. The molecule has 122 valence electrons. The van der Waals surface area contributed by atoms with E-state index in [9.17, 15) is 19.2 Å². The normalized spacial score (nSPS) is 11.5. The Balaban J connectivity index is 2.24. The van der Waals surface area contributed by atoms with Gasteiger partial charge in [-0.1, -0.05) is 60.7 Å². The highest BCUT2D eigenvalue weighted by molar-refractivity contribution is 6.39. The molecule has 0 heterocycles. The molecule has 0 aliphatic heterocycles. The molecule has 2 rings (SSSR count). The highest BCUT2D eigenvalue weighted by atomic mass is 16.2. The van der Waals surface area contributed by atoms with Gasteiger partial charge in [0.2, 0.25) is 5.78 Å². The summed E-state index contributed by atoms with van der Waals surface area (Å²) >= 11 is 0. The maximum atomic E-state index is 12.8. The molecular weight excluding hydrogens is 304 g/mol. The minimum Gasteiger partial charge on any atom is -0.299 e. The fourth-order valence-electron chi connectivity index (χ4n) is 2.45. The molecule has 4 heteroatoms. The van der Waals surface area contributed by atoms with Gasteiger partial charge in [0.05, 0.1) is 12.3 Å². The van der Waals surface area contributed by atoms with Gasteiger partial charge >= 0.3 is 0 Å². The molecule has 24 heavy (non-hydrogen) atoms. The fraction of sp³-hybridized carbons (Fsp3) is 0.200. The van der Waals surface area contributed by atoms with E-state index in [1.165, 1.54) is 0 Å². The van der Waals surface area contributed by atoms with Crippen molar-refractivity contribution >= 4 is 23.1 Å². The van der Waals surface area contributed by atoms with Crippen molar-refractivity contribution < 1.29 is 19.2 Å². The van der Waals surface area contributed by atoms with Crippen molar-refractivity contribution in [3.8, 4) is 0 Å². The van der Waals surface area contributed by atoms with Crippen LogP contribution in [-0.4, -0.2) is 23.1 Å². The number of hydrogen-bond donors (Lipinski definition) is 0. The van der Waals surface area contributed by atoms with E-state index < -0.39 is 29.7 Å². The first kappa shape index (κ1) is 17.5. The van der Waals surface area contributed by atoms with Crippen LogP contribution in [0.1, 0.15) is 41.6 Å². The van der Waals surface area contributed by atoms with E-state index in [0.717, 1.165) is 12.5 Å². The molecule has 0 aliphatic rings. The molecule has 0 amide bonds. The van der Waals surface area contributed by atoms with E-state index in [4.69, 9.17) is 0 Å². The zero-order valence-electron chi connectivity index (χ0n) is 13.4. The third-order valence-electron chi connectivity index (χ3n) is 3.76. The highest BCUT2D eigenvalue weighted by Crippen LogP contribution is 2.25. The Bertz CT molecular complexity index is 748. The molecule has 0 bridgehead atoms. The molecule has 4 nitrogen and oxygen atoms in total. The Morgan fingerprint density at radius 1 is 0.833 bits per heavy atom. The van der Waals surface area contributed by atoms with Gasteiger partial charge in [-0.3, -0.25) is 19.2 Å². The van der Waals surface area contributed by atoms with Crippen LogP contribution >= 0.6 is 0 Å². The Morgan fingerprint density at radius 3 is 1.92 bits per heavy atom. The van der Waals surface area contributed by atoms with Crippen LogP contribution in [0.15, 0.2) is 60.7 Å². The van der Waals surface area contributed by atoms with Crippen LogP contribution in [0.25, 0.3) is 0 Å². The van der Waals surface area contributed by atoms with Crippen molar-refractivity contribution in [2.45, 2.75) is 25.7 Å². The smallest absolute Gasteiger partial charge is 0.205 e. The summed E-state index contributed by atoms with van der Waals surface area (Å²) in [5.41, 5.74) is 1.23. The van der Waals surface area contributed by atoms with Crippen LogP contribution in [0, 0.1) is 0 Å². The van der Waals surface area contributed by atoms with Crippen molar-refractivity contribution in [2.24, 2.45) is 0 Å². The lowest BCUT2D eigenvalue weighted by Crippen LogP contribution is -2.21. The second-order valence-corrected chi connectivity index (χ2v) is 5.59. The highest BCUT2D eigenvalue weighted by Gasteiger charge is 2.26. The van der Waals surface area contributed by atoms with E-state index in [0.29, 0.717) is 5.56 Å². The van der Waals surface area contributed by atoms with Gasteiger partial charge in [-0.05, 0) is 5.56 Å².